The highest BCUT2D eigenvalue weighted by molar-refractivity contribution is 5.98. The molecule has 3 rings (SSSR count). The molecule has 1 heterocycles. The zero-order valence-electron chi connectivity index (χ0n) is 16.5. The van der Waals surface area contributed by atoms with Crippen molar-refractivity contribution in [3.63, 3.8) is 0 Å². The molecule has 8 heteroatoms. The fourth-order valence-corrected chi connectivity index (χ4v) is 3.08. The first kappa shape index (κ1) is 21.0. The van der Waals surface area contributed by atoms with Crippen molar-refractivity contribution in [2.75, 3.05) is 24.5 Å². The third-order valence-corrected chi connectivity index (χ3v) is 4.70. The molecular formula is C22H24N4O4. The first-order valence-electron chi connectivity index (χ1n) is 9.79. The van der Waals surface area contributed by atoms with E-state index in [1.165, 1.54) is 0 Å². The average molecular weight is 408 g/mol. The lowest BCUT2D eigenvalue weighted by Gasteiger charge is -2.15. The van der Waals surface area contributed by atoms with Crippen molar-refractivity contribution in [3.8, 4) is 0 Å². The molecule has 1 saturated heterocycles. The normalized spacial score (nSPS) is 13.1. The third kappa shape index (κ3) is 5.91. The van der Waals surface area contributed by atoms with Crippen LogP contribution in [0.1, 0.15) is 28.8 Å². The van der Waals surface area contributed by atoms with Crippen molar-refractivity contribution in [2.24, 2.45) is 0 Å². The Morgan fingerprint density at radius 1 is 0.833 bits per heavy atom. The van der Waals surface area contributed by atoms with Crippen LogP contribution in [0.4, 0.5) is 5.69 Å². The molecule has 0 aliphatic carbocycles. The van der Waals surface area contributed by atoms with E-state index in [9.17, 15) is 19.2 Å². The fraction of sp³-hybridized carbons (Fsp3) is 0.273. The lowest BCUT2D eigenvalue weighted by atomic mass is 10.2. The first-order valence-corrected chi connectivity index (χ1v) is 9.79. The summed E-state index contributed by atoms with van der Waals surface area (Å²) >= 11 is 0. The number of rotatable bonds is 8. The number of nitrogens with one attached hydrogen (secondary N) is 3. The summed E-state index contributed by atoms with van der Waals surface area (Å²) in [6.45, 7) is 0.659. The largest absolute Gasteiger partial charge is 0.350 e. The molecule has 4 amide bonds. The van der Waals surface area contributed by atoms with Crippen molar-refractivity contribution in [1.82, 2.24) is 16.0 Å². The van der Waals surface area contributed by atoms with Gasteiger partial charge in [0.1, 0.15) is 0 Å². The van der Waals surface area contributed by atoms with E-state index in [1.807, 2.05) is 30.3 Å². The predicted octanol–water partition coefficient (Wildman–Crippen LogP) is 0.976. The van der Waals surface area contributed by atoms with Crippen LogP contribution in [-0.4, -0.2) is 43.3 Å². The van der Waals surface area contributed by atoms with E-state index >= 15 is 0 Å². The van der Waals surface area contributed by atoms with Crippen molar-refractivity contribution < 1.29 is 19.2 Å². The minimum absolute atomic E-state index is 0.0803. The maximum atomic E-state index is 12.2. The van der Waals surface area contributed by atoms with Crippen LogP contribution in [-0.2, 0) is 20.9 Å². The summed E-state index contributed by atoms with van der Waals surface area (Å²) in [5.74, 6) is -1.10. The zero-order chi connectivity index (χ0) is 21.3. The zero-order valence-corrected chi connectivity index (χ0v) is 16.5. The molecule has 0 atom stereocenters. The van der Waals surface area contributed by atoms with Gasteiger partial charge in [-0.2, -0.15) is 0 Å². The maximum absolute atomic E-state index is 12.2. The average Bonchev–Trinajstić information content (AvgIpc) is 3.21. The second kappa shape index (κ2) is 10.2. The summed E-state index contributed by atoms with van der Waals surface area (Å²) in [7, 11) is 0. The highest BCUT2D eigenvalue weighted by Gasteiger charge is 2.21. The molecule has 0 radical (unpaired) electrons. The second-order valence-electron chi connectivity index (χ2n) is 6.92. The maximum Gasteiger partial charge on any atom is 0.251 e. The fourth-order valence-electron chi connectivity index (χ4n) is 3.08. The Morgan fingerprint density at radius 2 is 1.50 bits per heavy atom. The van der Waals surface area contributed by atoms with Gasteiger partial charge in [-0.25, -0.2) is 0 Å². The number of nitrogens with zero attached hydrogens (tertiary/aromatic N) is 1. The van der Waals surface area contributed by atoms with Gasteiger partial charge in [-0.3, -0.25) is 19.2 Å². The monoisotopic (exact) mass is 408 g/mol. The van der Waals surface area contributed by atoms with Crippen LogP contribution >= 0.6 is 0 Å². The number of amides is 4. The number of anilines is 1. The van der Waals surface area contributed by atoms with E-state index in [0.717, 1.165) is 17.7 Å². The molecule has 1 aliphatic rings. The first-order chi connectivity index (χ1) is 14.5. The molecule has 0 unspecified atom stereocenters. The molecule has 1 fully saturated rings. The summed E-state index contributed by atoms with van der Waals surface area (Å²) in [5.41, 5.74) is 2.11. The van der Waals surface area contributed by atoms with Crippen LogP contribution in [0, 0.1) is 0 Å². The molecule has 3 N–H and O–H groups in total. The van der Waals surface area contributed by atoms with E-state index in [1.54, 1.807) is 29.2 Å². The van der Waals surface area contributed by atoms with Gasteiger partial charge in [0.05, 0.1) is 13.1 Å². The Balaban J connectivity index is 1.37. The number of benzene rings is 2. The Morgan fingerprint density at radius 3 is 2.17 bits per heavy atom. The van der Waals surface area contributed by atoms with Crippen LogP contribution in [0.3, 0.4) is 0 Å². The van der Waals surface area contributed by atoms with E-state index in [4.69, 9.17) is 0 Å². The van der Waals surface area contributed by atoms with Crippen molar-refractivity contribution in [1.29, 1.82) is 0 Å². The highest BCUT2D eigenvalue weighted by Crippen LogP contribution is 2.21. The second-order valence-corrected chi connectivity index (χ2v) is 6.92. The summed E-state index contributed by atoms with van der Waals surface area (Å²) < 4.78 is 0. The van der Waals surface area contributed by atoms with Gasteiger partial charge < -0.3 is 20.9 Å². The number of carbonyl (C=O) groups is 4. The van der Waals surface area contributed by atoms with Gasteiger partial charge >= 0.3 is 0 Å². The lowest BCUT2D eigenvalue weighted by molar-refractivity contribution is -0.125. The van der Waals surface area contributed by atoms with Crippen LogP contribution in [0.25, 0.3) is 0 Å². The Bertz CT molecular complexity index is 912. The quantitative estimate of drug-likeness (QED) is 0.605. The Labute approximate surface area is 174 Å². The number of hydrogen-bond donors (Lipinski definition) is 3. The molecule has 0 spiro atoms. The van der Waals surface area contributed by atoms with E-state index in [0.29, 0.717) is 25.1 Å². The summed E-state index contributed by atoms with van der Waals surface area (Å²) in [6, 6.07) is 16.1. The topological polar surface area (TPSA) is 108 Å². The Kier molecular flexibility index (Phi) is 7.15. The highest BCUT2D eigenvalue weighted by atomic mass is 16.2. The molecule has 1 aliphatic heterocycles. The van der Waals surface area contributed by atoms with Crippen LogP contribution < -0.4 is 20.9 Å². The summed E-state index contributed by atoms with van der Waals surface area (Å²) in [6.07, 6.45) is 1.38. The van der Waals surface area contributed by atoms with E-state index in [-0.39, 0.29) is 24.9 Å². The van der Waals surface area contributed by atoms with Crippen LogP contribution in [0.2, 0.25) is 0 Å². The van der Waals surface area contributed by atoms with Gasteiger partial charge in [0.15, 0.2) is 0 Å². The molecule has 156 valence electrons. The van der Waals surface area contributed by atoms with E-state index < -0.39 is 11.8 Å². The van der Waals surface area contributed by atoms with Gasteiger partial charge in [0, 0.05) is 30.8 Å². The minimum atomic E-state index is -0.461. The Hall–Kier alpha value is -3.68. The van der Waals surface area contributed by atoms with E-state index in [2.05, 4.69) is 16.0 Å². The summed E-state index contributed by atoms with van der Waals surface area (Å²) in [5, 5.41) is 7.69. The third-order valence-electron chi connectivity index (χ3n) is 4.70. The number of hydrogen-bond acceptors (Lipinski definition) is 4. The van der Waals surface area contributed by atoms with Crippen LogP contribution in [0.15, 0.2) is 54.6 Å². The molecule has 30 heavy (non-hydrogen) atoms. The SMILES string of the molecule is O=C(CNC(=O)CNC(=O)c1ccc(N2CCCC2=O)cc1)NCc1ccccc1. The molecule has 0 aromatic heterocycles. The van der Waals surface area contributed by atoms with Gasteiger partial charge in [0.2, 0.25) is 17.7 Å². The van der Waals surface area contributed by atoms with Gasteiger partial charge in [-0.05, 0) is 36.2 Å². The van der Waals surface area contributed by atoms with Crippen molar-refractivity contribution >= 4 is 29.3 Å². The predicted molar refractivity (Wildman–Crippen MR) is 112 cm³/mol. The van der Waals surface area contributed by atoms with Gasteiger partial charge in [-0.1, -0.05) is 30.3 Å². The van der Waals surface area contributed by atoms with Crippen LogP contribution in [0.5, 0.6) is 0 Å². The number of carbonyl (C=O) groups excluding carboxylic acids is 4. The van der Waals surface area contributed by atoms with Gasteiger partial charge in [0.25, 0.3) is 5.91 Å². The van der Waals surface area contributed by atoms with Gasteiger partial charge in [-0.15, -0.1) is 0 Å². The minimum Gasteiger partial charge on any atom is -0.350 e. The molecule has 2 aromatic carbocycles. The smallest absolute Gasteiger partial charge is 0.251 e. The molecule has 0 saturated carbocycles. The molecular weight excluding hydrogens is 384 g/mol. The summed E-state index contributed by atoms with van der Waals surface area (Å²) in [4.78, 5) is 49.3. The lowest BCUT2D eigenvalue weighted by Crippen LogP contribution is -2.41. The molecule has 0 bridgehead atoms. The molecule has 2 aromatic rings. The molecule has 8 nitrogen and oxygen atoms in total. The standard InChI is InChI=1S/C22H24N4O4/c27-19(23-13-16-5-2-1-3-6-16)14-24-20(28)15-25-22(30)17-8-10-18(11-9-17)26-12-4-7-21(26)29/h1-3,5-6,8-11H,4,7,12-15H2,(H,23,27)(H,24,28)(H,25,30). The van der Waals surface area contributed by atoms with Crippen molar-refractivity contribution in [2.45, 2.75) is 19.4 Å². The van der Waals surface area contributed by atoms with Crippen molar-refractivity contribution in [3.05, 3.63) is 65.7 Å².